The van der Waals surface area contributed by atoms with E-state index in [1.165, 1.54) is 0 Å². The van der Waals surface area contributed by atoms with Crippen LogP contribution in [0, 0.1) is 0 Å². The Kier molecular flexibility index (Phi) is 3.22. The summed E-state index contributed by atoms with van der Waals surface area (Å²) in [5.74, 6) is 2.21. The molecule has 1 heterocycles. The van der Waals surface area contributed by atoms with Crippen molar-refractivity contribution in [1.82, 2.24) is 20.5 Å². The number of nitrogens with one attached hydrogen (secondary N) is 2. The van der Waals surface area contributed by atoms with Gasteiger partial charge in [-0.1, -0.05) is 20.8 Å². The zero-order valence-electron chi connectivity index (χ0n) is 7.89. The zero-order valence-corrected chi connectivity index (χ0v) is 7.89. The van der Waals surface area contributed by atoms with Gasteiger partial charge in [0.1, 0.15) is 5.82 Å². The molecule has 12 heavy (non-hydrogen) atoms. The molecule has 0 spiro atoms. The fourth-order valence-electron chi connectivity index (χ4n) is 0.891. The van der Waals surface area contributed by atoms with Crippen LogP contribution < -0.4 is 5.32 Å². The molecular formula is C8H16N4. The van der Waals surface area contributed by atoms with E-state index in [1.54, 1.807) is 0 Å². The molecule has 0 radical (unpaired) electrons. The summed E-state index contributed by atoms with van der Waals surface area (Å²) in [5.41, 5.74) is 0. The van der Waals surface area contributed by atoms with E-state index in [0.717, 1.165) is 24.7 Å². The van der Waals surface area contributed by atoms with Gasteiger partial charge in [0.2, 0.25) is 0 Å². The maximum atomic E-state index is 4.32. The monoisotopic (exact) mass is 168 g/mol. The lowest BCUT2D eigenvalue weighted by Crippen LogP contribution is -2.12. The first-order valence-corrected chi connectivity index (χ1v) is 4.36. The van der Waals surface area contributed by atoms with E-state index >= 15 is 0 Å². The van der Waals surface area contributed by atoms with Gasteiger partial charge in [-0.2, -0.15) is 5.10 Å². The van der Waals surface area contributed by atoms with Crippen molar-refractivity contribution in [2.75, 3.05) is 6.54 Å². The summed E-state index contributed by atoms with van der Waals surface area (Å²) in [5, 5.41) is 10.2. The van der Waals surface area contributed by atoms with Crippen LogP contribution in [-0.2, 0) is 6.54 Å². The summed E-state index contributed by atoms with van der Waals surface area (Å²) in [7, 11) is 0. The Morgan fingerprint density at radius 3 is 2.75 bits per heavy atom. The summed E-state index contributed by atoms with van der Waals surface area (Å²) < 4.78 is 0. The van der Waals surface area contributed by atoms with Gasteiger partial charge < -0.3 is 5.32 Å². The molecular weight excluding hydrogens is 152 g/mol. The third kappa shape index (κ3) is 2.30. The van der Waals surface area contributed by atoms with Gasteiger partial charge in [-0.3, -0.25) is 5.10 Å². The third-order valence-corrected chi connectivity index (χ3v) is 1.61. The molecule has 0 amide bonds. The van der Waals surface area contributed by atoms with E-state index in [2.05, 4.69) is 41.3 Å². The first-order valence-electron chi connectivity index (χ1n) is 4.36. The standard InChI is InChI=1S/C8H16N4/c1-4-9-5-7-10-8(6(2)3)12-11-7/h6,9H,4-5H2,1-3H3,(H,10,11,12). The van der Waals surface area contributed by atoms with E-state index in [4.69, 9.17) is 0 Å². The van der Waals surface area contributed by atoms with Crippen LogP contribution in [-0.4, -0.2) is 21.7 Å². The van der Waals surface area contributed by atoms with Crippen molar-refractivity contribution in [2.45, 2.75) is 33.2 Å². The number of nitrogens with zero attached hydrogens (tertiary/aromatic N) is 2. The molecule has 0 aliphatic carbocycles. The van der Waals surface area contributed by atoms with Gasteiger partial charge >= 0.3 is 0 Å². The number of hydrogen-bond acceptors (Lipinski definition) is 3. The summed E-state index contributed by atoms with van der Waals surface area (Å²) in [6.45, 7) is 7.97. The molecule has 0 bridgehead atoms. The molecule has 2 N–H and O–H groups in total. The van der Waals surface area contributed by atoms with Gasteiger partial charge in [-0.15, -0.1) is 0 Å². The highest BCUT2D eigenvalue weighted by Gasteiger charge is 2.05. The summed E-state index contributed by atoms with van der Waals surface area (Å²) in [4.78, 5) is 4.32. The highest BCUT2D eigenvalue weighted by molar-refractivity contribution is 4.94. The molecule has 68 valence electrons. The van der Waals surface area contributed by atoms with Gasteiger partial charge in [0, 0.05) is 5.92 Å². The predicted molar refractivity (Wildman–Crippen MR) is 47.9 cm³/mol. The van der Waals surface area contributed by atoms with Crippen molar-refractivity contribution in [3.63, 3.8) is 0 Å². The van der Waals surface area contributed by atoms with Crippen LogP contribution in [0.15, 0.2) is 0 Å². The van der Waals surface area contributed by atoms with E-state index in [0.29, 0.717) is 5.92 Å². The van der Waals surface area contributed by atoms with E-state index in [9.17, 15) is 0 Å². The number of aromatic amines is 1. The maximum Gasteiger partial charge on any atom is 0.153 e. The topological polar surface area (TPSA) is 53.6 Å². The Labute approximate surface area is 72.8 Å². The Hall–Kier alpha value is -0.900. The smallest absolute Gasteiger partial charge is 0.153 e. The van der Waals surface area contributed by atoms with Gasteiger partial charge in [0.05, 0.1) is 6.54 Å². The second-order valence-corrected chi connectivity index (χ2v) is 3.08. The molecule has 0 aliphatic heterocycles. The molecule has 0 fully saturated rings. The predicted octanol–water partition coefficient (Wildman–Crippen LogP) is 1.04. The number of hydrogen-bond donors (Lipinski definition) is 2. The first kappa shape index (κ1) is 9.19. The number of aromatic nitrogens is 3. The Morgan fingerprint density at radius 2 is 2.25 bits per heavy atom. The Balaban J connectivity index is 2.52. The number of H-pyrrole nitrogens is 1. The van der Waals surface area contributed by atoms with Gasteiger partial charge in [-0.25, -0.2) is 4.98 Å². The minimum atomic E-state index is 0.400. The van der Waals surface area contributed by atoms with Crippen molar-refractivity contribution in [2.24, 2.45) is 0 Å². The first-order chi connectivity index (χ1) is 5.74. The fourth-order valence-corrected chi connectivity index (χ4v) is 0.891. The second kappa shape index (κ2) is 4.21. The van der Waals surface area contributed by atoms with Gasteiger partial charge in [0.15, 0.2) is 5.82 Å². The van der Waals surface area contributed by atoms with Crippen molar-refractivity contribution < 1.29 is 0 Å². The fraction of sp³-hybridized carbons (Fsp3) is 0.750. The van der Waals surface area contributed by atoms with Crippen LogP contribution in [0.2, 0.25) is 0 Å². The van der Waals surface area contributed by atoms with Gasteiger partial charge in [0.25, 0.3) is 0 Å². The van der Waals surface area contributed by atoms with Crippen LogP contribution in [0.3, 0.4) is 0 Å². The van der Waals surface area contributed by atoms with Crippen LogP contribution in [0.25, 0.3) is 0 Å². The second-order valence-electron chi connectivity index (χ2n) is 3.08. The average molecular weight is 168 g/mol. The average Bonchev–Trinajstić information content (AvgIpc) is 2.48. The molecule has 4 heteroatoms. The van der Waals surface area contributed by atoms with E-state index in [-0.39, 0.29) is 0 Å². The SMILES string of the molecule is CCNCc1nc(C(C)C)n[nH]1. The summed E-state index contributed by atoms with van der Waals surface area (Å²) in [6, 6.07) is 0. The van der Waals surface area contributed by atoms with Gasteiger partial charge in [-0.05, 0) is 6.54 Å². The molecule has 0 saturated heterocycles. The Bertz CT molecular complexity index is 229. The minimum Gasteiger partial charge on any atom is -0.310 e. The maximum absolute atomic E-state index is 4.32. The molecule has 1 aromatic heterocycles. The lowest BCUT2D eigenvalue weighted by atomic mass is 10.2. The summed E-state index contributed by atoms with van der Waals surface area (Å²) in [6.07, 6.45) is 0. The van der Waals surface area contributed by atoms with E-state index in [1.807, 2.05) is 0 Å². The van der Waals surface area contributed by atoms with Crippen molar-refractivity contribution in [1.29, 1.82) is 0 Å². The molecule has 0 atom stereocenters. The van der Waals surface area contributed by atoms with Crippen LogP contribution in [0.5, 0.6) is 0 Å². The number of rotatable bonds is 4. The van der Waals surface area contributed by atoms with Crippen LogP contribution >= 0.6 is 0 Å². The third-order valence-electron chi connectivity index (χ3n) is 1.61. The van der Waals surface area contributed by atoms with Crippen LogP contribution in [0.4, 0.5) is 0 Å². The van der Waals surface area contributed by atoms with Crippen molar-refractivity contribution >= 4 is 0 Å². The molecule has 0 unspecified atom stereocenters. The normalized spacial score (nSPS) is 11.0. The van der Waals surface area contributed by atoms with Crippen LogP contribution in [0.1, 0.15) is 38.3 Å². The molecule has 4 nitrogen and oxygen atoms in total. The largest absolute Gasteiger partial charge is 0.310 e. The molecule has 0 saturated carbocycles. The van der Waals surface area contributed by atoms with Crippen molar-refractivity contribution in [3.8, 4) is 0 Å². The summed E-state index contributed by atoms with van der Waals surface area (Å²) >= 11 is 0. The molecule has 0 aromatic carbocycles. The minimum absolute atomic E-state index is 0.400. The molecule has 1 aromatic rings. The quantitative estimate of drug-likeness (QED) is 0.706. The lowest BCUT2D eigenvalue weighted by Gasteiger charge is -1.95. The molecule has 0 aliphatic rings. The highest BCUT2D eigenvalue weighted by atomic mass is 15.2. The lowest BCUT2D eigenvalue weighted by molar-refractivity contribution is 0.692. The highest BCUT2D eigenvalue weighted by Crippen LogP contribution is 2.06. The molecule has 1 rings (SSSR count). The Morgan fingerprint density at radius 1 is 1.50 bits per heavy atom. The zero-order chi connectivity index (χ0) is 8.97. The van der Waals surface area contributed by atoms with E-state index < -0.39 is 0 Å². The van der Waals surface area contributed by atoms with Crippen molar-refractivity contribution in [3.05, 3.63) is 11.6 Å².